The van der Waals surface area contributed by atoms with Crippen LogP contribution in [-0.4, -0.2) is 41.5 Å². The molecule has 2 rings (SSSR count). The minimum atomic E-state index is -0.557. The Labute approximate surface area is 93.5 Å². The highest BCUT2D eigenvalue weighted by Gasteiger charge is 2.29. The maximum absolute atomic E-state index is 13.4. The lowest BCUT2D eigenvalue weighted by Gasteiger charge is -2.37. The largest absolute Gasteiger partial charge is 0.333 e. The average Bonchev–Trinajstić information content (AvgIpc) is 2.23. The van der Waals surface area contributed by atoms with Gasteiger partial charge in [0.15, 0.2) is 5.82 Å². The molecular weight excluding hydrogens is 209 g/mol. The number of pyridine rings is 1. The number of halogens is 1. The molecule has 1 fully saturated rings. The van der Waals surface area contributed by atoms with E-state index in [0.717, 1.165) is 19.3 Å². The van der Waals surface area contributed by atoms with E-state index in [4.69, 9.17) is 0 Å². The van der Waals surface area contributed by atoms with Crippen LogP contribution in [0.4, 0.5) is 4.39 Å². The van der Waals surface area contributed by atoms with Crippen molar-refractivity contribution in [2.45, 2.75) is 13.0 Å². The lowest BCUT2D eigenvalue weighted by atomic mass is 10.1. The number of rotatable bonds is 3. The zero-order chi connectivity index (χ0) is 11.5. The zero-order valence-corrected chi connectivity index (χ0v) is 9.11. The van der Waals surface area contributed by atoms with Crippen molar-refractivity contribution in [1.29, 1.82) is 0 Å². The zero-order valence-electron chi connectivity index (χ0n) is 9.11. The third kappa shape index (κ3) is 1.90. The van der Waals surface area contributed by atoms with Crippen molar-refractivity contribution in [2.75, 3.05) is 19.6 Å². The number of carbonyl (C=O) groups is 1. The van der Waals surface area contributed by atoms with Gasteiger partial charge in [0.25, 0.3) is 5.91 Å². The van der Waals surface area contributed by atoms with Crippen LogP contribution < -0.4 is 5.32 Å². The summed E-state index contributed by atoms with van der Waals surface area (Å²) in [7, 11) is 0. The average molecular weight is 223 g/mol. The lowest BCUT2D eigenvalue weighted by Crippen LogP contribution is -2.58. The number of aromatic nitrogens is 1. The first kappa shape index (κ1) is 11.0. The van der Waals surface area contributed by atoms with Crippen molar-refractivity contribution in [2.24, 2.45) is 0 Å². The highest BCUT2D eigenvalue weighted by atomic mass is 19.1. The maximum atomic E-state index is 13.4. The van der Waals surface area contributed by atoms with Crippen molar-refractivity contribution < 1.29 is 9.18 Å². The minimum absolute atomic E-state index is 0.101. The summed E-state index contributed by atoms with van der Waals surface area (Å²) >= 11 is 0. The fourth-order valence-electron chi connectivity index (χ4n) is 1.76. The van der Waals surface area contributed by atoms with E-state index in [1.165, 1.54) is 12.3 Å². The number of nitrogens with zero attached hydrogens (tertiary/aromatic N) is 2. The summed E-state index contributed by atoms with van der Waals surface area (Å²) < 4.78 is 13.4. The molecule has 16 heavy (non-hydrogen) atoms. The van der Waals surface area contributed by atoms with Crippen LogP contribution in [0, 0.1) is 5.82 Å². The van der Waals surface area contributed by atoms with Crippen LogP contribution in [0.5, 0.6) is 0 Å². The fraction of sp³-hybridized carbons (Fsp3) is 0.455. The monoisotopic (exact) mass is 223 g/mol. The Morgan fingerprint density at radius 3 is 2.94 bits per heavy atom. The van der Waals surface area contributed by atoms with Crippen molar-refractivity contribution >= 4 is 5.91 Å². The number of nitrogens with one attached hydrogen (secondary N) is 1. The second-order valence-corrected chi connectivity index (χ2v) is 3.76. The van der Waals surface area contributed by atoms with Crippen LogP contribution in [0.15, 0.2) is 18.5 Å². The van der Waals surface area contributed by atoms with E-state index in [9.17, 15) is 9.18 Å². The molecule has 0 aromatic carbocycles. The van der Waals surface area contributed by atoms with Gasteiger partial charge in [-0.15, -0.1) is 0 Å². The van der Waals surface area contributed by atoms with Gasteiger partial charge in [0, 0.05) is 25.8 Å². The smallest absolute Gasteiger partial charge is 0.257 e. The van der Waals surface area contributed by atoms with Gasteiger partial charge in [0.05, 0.1) is 17.8 Å². The highest BCUT2D eigenvalue weighted by Crippen LogP contribution is 2.13. The summed E-state index contributed by atoms with van der Waals surface area (Å²) in [5, 5.41) is 3.10. The van der Waals surface area contributed by atoms with E-state index in [0.29, 0.717) is 6.54 Å². The molecule has 1 aliphatic heterocycles. The molecule has 0 spiro atoms. The predicted octanol–water partition coefficient (Wildman–Crippen LogP) is 0.655. The van der Waals surface area contributed by atoms with Crippen LogP contribution >= 0.6 is 0 Å². The first-order valence-electron chi connectivity index (χ1n) is 5.35. The first-order valence-corrected chi connectivity index (χ1v) is 5.35. The molecule has 1 saturated heterocycles. The van der Waals surface area contributed by atoms with Gasteiger partial charge in [0.2, 0.25) is 0 Å². The number of amides is 1. The Bertz CT molecular complexity index is 393. The summed E-state index contributed by atoms with van der Waals surface area (Å²) in [6, 6.07) is 1.61. The molecule has 2 heterocycles. The van der Waals surface area contributed by atoms with Gasteiger partial charge in [-0.3, -0.25) is 9.78 Å². The molecule has 1 amide bonds. The van der Waals surface area contributed by atoms with Gasteiger partial charge < -0.3 is 10.2 Å². The van der Waals surface area contributed by atoms with Gasteiger partial charge in [-0.2, -0.15) is 0 Å². The van der Waals surface area contributed by atoms with Crippen LogP contribution in [0.2, 0.25) is 0 Å². The Hall–Kier alpha value is -1.49. The van der Waals surface area contributed by atoms with E-state index < -0.39 is 5.82 Å². The molecule has 86 valence electrons. The third-order valence-corrected chi connectivity index (χ3v) is 2.81. The summed E-state index contributed by atoms with van der Waals surface area (Å²) in [4.78, 5) is 17.4. The van der Waals surface area contributed by atoms with Gasteiger partial charge >= 0.3 is 0 Å². The lowest BCUT2D eigenvalue weighted by molar-refractivity contribution is 0.0625. The second-order valence-electron chi connectivity index (χ2n) is 3.76. The molecule has 0 radical (unpaired) electrons. The molecule has 0 saturated carbocycles. The Kier molecular flexibility index (Phi) is 3.14. The van der Waals surface area contributed by atoms with Crippen molar-refractivity contribution in [3.63, 3.8) is 0 Å². The van der Waals surface area contributed by atoms with Crippen LogP contribution in [-0.2, 0) is 0 Å². The molecule has 1 N–H and O–H groups in total. The van der Waals surface area contributed by atoms with Crippen molar-refractivity contribution in [3.05, 3.63) is 29.8 Å². The topological polar surface area (TPSA) is 45.2 Å². The third-order valence-electron chi connectivity index (χ3n) is 2.81. The summed E-state index contributed by atoms with van der Waals surface area (Å²) in [6.45, 7) is 4.06. The Morgan fingerprint density at radius 1 is 1.69 bits per heavy atom. The van der Waals surface area contributed by atoms with E-state index in [-0.39, 0.29) is 17.5 Å². The van der Waals surface area contributed by atoms with Gasteiger partial charge in [0.1, 0.15) is 0 Å². The molecule has 0 bridgehead atoms. The molecule has 1 aromatic heterocycles. The quantitative estimate of drug-likeness (QED) is 0.818. The summed E-state index contributed by atoms with van der Waals surface area (Å²) in [5.41, 5.74) is 0.101. The predicted molar refractivity (Wildman–Crippen MR) is 57.6 cm³/mol. The molecule has 1 aliphatic rings. The number of carbonyl (C=O) groups excluding carboxylic acids is 1. The van der Waals surface area contributed by atoms with E-state index >= 15 is 0 Å². The molecule has 0 aliphatic carbocycles. The van der Waals surface area contributed by atoms with Gasteiger partial charge in [-0.1, -0.05) is 0 Å². The molecule has 1 aromatic rings. The Balaban J connectivity index is 2.19. The number of likely N-dealkylation sites (N-methyl/N-ethyl adjacent to an activating group) is 1. The van der Waals surface area contributed by atoms with Gasteiger partial charge in [-0.05, 0) is 13.0 Å². The molecule has 0 unspecified atom stereocenters. The number of hydrogen-bond acceptors (Lipinski definition) is 3. The standard InChI is InChI=1S/C11H14FN3O/c1-2-15(8-5-14-6-8)11(16)9-3-4-13-7-10(9)12/h3-4,7-8,14H,2,5-6H2,1H3. The van der Waals surface area contributed by atoms with E-state index in [1.54, 1.807) is 4.90 Å². The minimum Gasteiger partial charge on any atom is -0.333 e. The van der Waals surface area contributed by atoms with E-state index in [1.807, 2.05) is 6.92 Å². The maximum Gasteiger partial charge on any atom is 0.257 e. The van der Waals surface area contributed by atoms with Crippen molar-refractivity contribution in [3.8, 4) is 0 Å². The van der Waals surface area contributed by atoms with Gasteiger partial charge in [-0.25, -0.2) is 4.39 Å². The SMILES string of the molecule is CCN(C(=O)c1ccncc1F)C1CNC1. The summed E-state index contributed by atoms with van der Waals surface area (Å²) in [5.74, 6) is -0.813. The number of hydrogen-bond donors (Lipinski definition) is 1. The van der Waals surface area contributed by atoms with Crippen LogP contribution in [0.1, 0.15) is 17.3 Å². The Morgan fingerprint density at radius 2 is 2.44 bits per heavy atom. The fourth-order valence-corrected chi connectivity index (χ4v) is 1.76. The molecule has 5 heteroatoms. The normalized spacial score (nSPS) is 15.6. The molecular formula is C11H14FN3O. The van der Waals surface area contributed by atoms with Crippen molar-refractivity contribution in [1.82, 2.24) is 15.2 Å². The second kappa shape index (κ2) is 4.57. The molecule has 0 atom stereocenters. The van der Waals surface area contributed by atoms with Crippen LogP contribution in [0.3, 0.4) is 0 Å². The van der Waals surface area contributed by atoms with E-state index in [2.05, 4.69) is 10.3 Å². The first-order chi connectivity index (χ1) is 7.74. The highest BCUT2D eigenvalue weighted by molar-refractivity contribution is 5.94. The molecule has 4 nitrogen and oxygen atoms in total. The van der Waals surface area contributed by atoms with Crippen LogP contribution in [0.25, 0.3) is 0 Å². The summed E-state index contributed by atoms with van der Waals surface area (Å²) in [6.07, 6.45) is 2.50.